The van der Waals surface area contributed by atoms with E-state index in [-0.39, 0.29) is 11.7 Å². The molecule has 0 saturated carbocycles. The van der Waals surface area contributed by atoms with Crippen molar-refractivity contribution in [3.63, 3.8) is 0 Å². The lowest BCUT2D eigenvalue weighted by Crippen LogP contribution is -2.08. The van der Waals surface area contributed by atoms with Gasteiger partial charge in [-0.1, -0.05) is 12.1 Å². The van der Waals surface area contributed by atoms with Crippen molar-refractivity contribution < 1.29 is 13.2 Å². The third-order valence-electron chi connectivity index (χ3n) is 2.75. The summed E-state index contributed by atoms with van der Waals surface area (Å²) in [5.41, 5.74) is 0.884. The van der Waals surface area contributed by atoms with Gasteiger partial charge in [0, 0.05) is 21.7 Å². The van der Waals surface area contributed by atoms with Crippen LogP contribution >= 0.6 is 22.6 Å². The average Bonchev–Trinajstić information content (AvgIpc) is 2.36. The van der Waals surface area contributed by atoms with Crippen LogP contribution in [0.5, 0.6) is 0 Å². The molecule has 1 nitrogen and oxygen atoms in total. The van der Waals surface area contributed by atoms with Crippen molar-refractivity contribution in [2.45, 2.75) is 13.0 Å². The van der Waals surface area contributed by atoms with Gasteiger partial charge in [0.2, 0.25) is 0 Å². The van der Waals surface area contributed by atoms with Crippen molar-refractivity contribution in [2.75, 3.05) is 5.32 Å². The van der Waals surface area contributed by atoms with Crippen LogP contribution in [0.3, 0.4) is 0 Å². The maximum absolute atomic E-state index is 13.5. The van der Waals surface area contributed by atoms with Crippen molar-refractivity contribution in [3.8, 4) is 0 Å². The summed E-state index contributed by atoms with van der Waals surface area (Å²) in [5, 5.41) is 2.83. The molecule has 19 heavy (non-hydrogen) atoms. The summed E-state index contributed by atoms with van der Waals surface area (Å²) in [6, 6.07) is 8.81. The number of rotatable bonds is 3. The van der Waals surface area contributed by atoms with E-state index in [1.165, 1.54) is 0 Å². The highest BCUT2D eigenvalue weighted by atomic mass is 127. The topological polar surface area (TPSA) is 12.0 Å². The molecular formula is C14H11F3IN. The SMILES string of the molecule is CC(Nc1cc(F)c(F)cc1F)c1ccc(I)cc1. The van der Waals surface area contributed by atoms with E-state index in [2.05, 4.69) is 27.9 Å². The molecule has 0 radical (unpaired) electrons. The van der Waals surface area contributed by atoms with Crippen molar-refractivity contribution in [1.29, 1.82) is 0 Å². The molecule has 0 amide bonds. The molecule has 2 rings (SSSR count). The monoisotopic (exact) mass is 377 g/mol. The minimum atomic E-state index is -1.19. The van der Waals surface area contributed by atoms with Crippen LogP contribution in [0.25, 0.3) is 0 Å². The molecule has 0 bridgehead atoms. The lowest BCUT2D eigenvalue weighted by atomic mass is 10.1. The summed E-state index contributed by atoms with van der Waals surface area (Å²) < 4.78 is 40.5. The Labute approximate surface area is 123 Å². The van der Waals surface area contributed by atoms with Gasteiger partial charge in [-0.2, -0.15) is 0 Å². The normalized spacial score (nSPS) is 12.3. The highest BCUT2D eigenvalue weighted by molar-refractivity contribution is 14.1. The standard InChI is InChI=1S/C14H11F3IN/c1-8(9-2-4-10(18)5-3-9)19-14-7-12(16)11(15)6-13(14)17/h2-8,19H,1H3. The molecule has 1 unspecified atom stereocenters. The Bertz CT molecular complexity index is 584. The van der Waals surface area contributed by atoms with Gasteiger partial charge in [0.05, 0.1) is 5.69 Å². The second kappa shape index (κ2) is 5.81. The first-order valence-electron chi connectivity index (χ1n) is 5.64. The molecule has 0 heterocycles. The molecule has 100 valence electrons. The minimum Gasteiger partial charge on any atom is -0.376 e. The molecule has 1 atom stereocenters. The van der Waals surface area contributed by atoms with Gasteiger partial charge < -0.3 is 5.32 Å². The Kier molecular flexibility index (Phi) is 4.34. The molecular weight excluding hydrogens is 366 g/mol. The van der Waals surface area contributed by atoms with Crippen LogP contribution in [-0.2, 0) is 0 Å². The Balaban J connectivity index is 2.21. The van der Waals surface area contributed by atoms with E-state index < -0.39 is 17.5 Å². The molecule has 2 aromatic carbocycles. The number of hydrogen-bond donors (Lipinski definition) is 1. The molecule has 0 saturated heterocycles. The zero-order valence-corrected chi connectivity index (χ0v) is 12.2. The van der Waals surface area contributed by atoms with E-state index in [4.69, 9.17) is 0 Å². The molecule has 0 aliphatic heterocycles. The van der Waals surface area contributed by atoms with Crippen LogP contribution in [0.15, 0.2) is 36.4 Å². The van der Waals surface area contributed by atoms with Crippen molar-refractivity contribution in [2.24, 2.45) is 0 Å². The van der Waals surface area contributed by atoms with Gasteiger partial charge in [-0.05, 0) is 47.2 Å². The van der Waals surface area contributed by atoms with Gasteiger partial charge in [0.15, 0.2) is 11.6 Å². The van der Waals surface area contributed by atoms with Crippen LogP contribution in [0.2, 0.25) is 0 Å². The summed E-state index contributed by atoms with van der Waals surface area (Å²) in [4.78, 5) is 0. The van der Waals surface area contributed by atoms with E-state index in [9.17, 15) is 13.2 Å². The summed E-state index contributed by atoms with van der Waals surface area (Å²) in [5.74, 6) is -3.07. The maximum Gasteiger partial charge on any atom is 0.161 e. The Morgan fingerprint density at radius 2 is 1.53 bits per heavy atom. The van der Waals surface area contributed by atoms with Crippen LogP contribution in [0.4, 0.5) is 18.9 Å². The average molecular weight is 377 g/mol. The number of anilines is 1. The molecule has 0 spiro atoms. The third kappa shape index (κ3) is 3.40. The third-order valence-corrected chi connectivity index (χ3v) is 3.47. The second-order valence-electron chi connectivity index (χ2n) is 4.16. The van der Waals surface area contributed by atoms with Crippen molar-refractivity contribution >= 4 is 28.3 Å². The highest BCUT2D eigenvalue weighted by Crippen LogP contribution is 2.24. The largest absolute Gasteiger partial charge is 0.376 e. The van der Waals surface area contributed by atoms with Gasteiger partial charge in [0.25, 0.3) is 0 Å². The van der Waals surface area contributed by atoms with Crippen LogP contribution in [0.1, 0.15) is 18.5 Å². The molecule has 0 aliphatic carbocycles. The maximum atomic E-state index is 13.5. The zero-order chi connectivity index (χ0) is 14.0. The summed E-state index contributed by atoms with van der Waals surface area (Å²) in [6.07, 6.45) is 0. The molecule has 5 heteroatoms. The summed E-state index contributed by atoms with van der Waals surface area (Å²) in [7, 11) is 0. The lowest BCUT2D eigenvalue weighted by molar-refractivity contribution is 0.495. The summed E-state index contributed by atoms with van der Waals surface area (Å²) in [6.45, 7) is 1.82. The molecule has 1 N–H and O–H groups in total. The molecule has 0 aliphatic rings. The quantitative estimate of drug-likeness (QED) is 0.594. The fraction of sp³-hybridized carbons (Fsp3) is 0.143. The second-order valence-corrected chi connectivity index (χ2v) is 5.41. The van der Waals surface area contributed by atoms with Crippen LogP contribution in [-0.4, -0.2) is 0 Å². The zero-order valence-electron chi connectivity index (χ0n) is 10.1. The number of benzene rings is 2. The van der Waals surface area contributed by atoms with E-state index in [0.717, 1.165) is 15.2 Å². The Morgan fingerprint density at radius 3 is 2.16 bits per heavy atom. The predicted octanol–water partition coefficient (Wildman–Crippen LogP) is 4.88. The molecule has 0 fully saturated rings. The first kappa shape index (κ1) is 14.2. The van der Waals surface area contributed by atoms with E-state index in [1.54, 1.807) is 0 Å². The minimum absolute atomic E-state index is 0.0510. The van der Waals surface area contributed by atoms with E-state index in [0.29, 0.717) is 6.07 Å². The summed E-state index contributed by atoms with van der Waals surface area (Å²) >= 11 is 2.19. The first-order chi connectivity index (χ1) is 8.97. The van der Waals surface area contributed by atoms with Crippen molar-refractivity contribution in [1.82, 2.24) is 0 Å². The lowest BCUT2D eigenvalue weighted by Gasteiger charge is -2.16. The van der Waals surface area contributed by atoms with Gasteiger partial charge in [0.1, 0.15) is 5.82 Å². The van der Waals surface area contributed by atoms with Crippen molar-refractivity contribution in [3.05, 3.63) is 63.0 Å². The van der Waals surface area contributed by atoms with Gasteiger partial charge in [-0.15, -0.1) is 0 Å². The van der Waals surface area contributed by atoms with Crippen LogP contribution in [0, 0.1) is 21.0 Å². The first-order valence-corrected chi connectivity index (χ1v) is 6.72. The fourth-order valence-electron chi connectivity index (χ4n) is 1.70. The molecule has 0 aromatic heterocycles. The van der Waals surface area contributed by atoms with Gasteiger partial charge in [-0.3, -0.25) is 0 Å². The predicted molar refractivity (Wildman–Crippen MR) is 77.5 cm³/mol. The van der Waals surface area contributed by atoms with Crippen LogP contribution < -0.4 is 5.32 Å². The van der Waals surface area contributed by atoms with E-state index in [1.807, 2.05) is 31.2 Å². The Hall–Kier alpha value is -1.24. The number of nitrogens with one attached hydrogen (secondary N) is 1. The molecule has 2 aromatic rings. The fourth-order valence-corrected chi connectivity index (χ4v) is 2.06. The van der Waals surface area contributed by atoms with E-state index >= 15 is 0 Å². The number of hydrogen-bond acceptors (Lipinski definition) is 1. The smallest absolute Gasteiger partial charge is 0.161 e. The Morgan fingerprint density at radius 1 is 0.947 bits per heavy atom. The number of halogens is 4. The van der Waals surface area contributed by atoms with Gasteiger partial charge >= 0.3 is 0 Å². The highest BCUT2D eigenvalue weighted by Gasteiger charge is 2.12. The van der Waals surface area contributed by atoms with Gasteiger partial charge in [-0.25, -0.2) is 13.2 Å².